The number of nitrogens with zero attached hydrogens (tertiary/aromatic N) is 3. The van der Waals surface area contributed by atoms with E-state index in [-0.39, 0.29) is 11.0 Å². The first-order valence-corrected chi connectivity index (χ1v) is 12.2. The molecule has 0 fully saturated rings. The van der Waals surface area contributed by atoms with E-state index in [0.29, 0.717) is 0 Å². The van der Waals surface area contributed by atoms with Crippen molar-refractivity contribution in [1.82, 2.24) is 0 Å². The second-order valence-electron chi connectivity index (χ2n) is 9.46. The number of nitriles is 1. The fraction of sp³-hybridized carbons (Fsp3) is 0.571. The van der Waals surface area contributed by atoms with Crippen molar-refractivity contribution in [2.75, 3.05) is 18.5 Å². The lowest BCUT2D eigenvalue weighted by atomic mass is 9.58. The van der Waals surface area contributed by atoms with Gasteiger partial charge in [-0.25, -0.2) is 0 Å². The molecule has 0 bridgehead atoms. The van der Waals surface area contributed by atoms with E-state index in [2.05, 4.69) is 87.7 Å². The van der Waals surface area contributed by atoms with Gasteiger partial charge in [0.05, 0.1) is 22.6 Å². The van der Waals surface area contributed by atoms with Gasteiger partial charge in [0.1, 0.15) is 0 Å². The van der Waals surface area contributed by atoms with Gasteiger partial charge in [0, 0.05) is 44.3 Å². The van der Waals surface area contributed by atoms with E-state index in [1.54, 1.807) is 0 Å². The van der Waals surface area contributed by atoms with Crippen LogP contribution in [0.2, 0.25) is 0 Å². The summed E-state index contributed by atoms with van der Waals surface area (Å²) in [6.45, 7) is 12.7. The Morgan fingerprint density at radius 2 is 1.77 bits per heavy atom. The quantitative estimate of drug-likeness (QED) is 0.334. The average Bonchev–Trinajstić information content (AvgIpc) is 2.81. The van der Waals surface area contributed by atoms with Gasteiger partial charge >= 0.3 is 0 Å². The Hall–Kier alpha value is -2.34. The molecule has 0 aliphatic carbocycles. The van der Waals surface area contributed by atoms with Crippen LogP contribution in [0.4, 0.5) is 5.69 Å². The molecule has 1 aromatic heterocycles. The van der Waals surface area contributed by atoms with Crippen LogP contribution >= 0.6 is 0 Å². The van der Waals surface area contributed by atoms with Crippen molar-refractivity contribution >= 4 is 5.69 Å². The second kappa shape index (κ2) is 9.43. The summed E-state index contributed by atoms with van der Waals surface area (Å²) < 4.78 is 2.56. The normalized spacial score (nSPS) is 21.8. The highest BCUT2D eigenvalue weighted by molar-refractivity contribution is 5.70. The van der Waals surface area contributed by atoms with Crippen molar-refractivity contribution in [3.63, 3.8) is 0 Å². The fourth-order valence-corrected chi connectivity index (χ4v) is 5.93. The third-order valence-corrected chi connectivity index (χ3v) is 7.94. The van der Waals surface area contributed by atoms with Crippen molar-refractivity contribution in [2.45, 2.75) is 90.5 Å². The summed E-state index contributed by atoms with van der Waals surface area (Å²) >= 11 is 0. The molecule has 1 aromatic carbocycles. The van der Waals surface area contributed by atoms with Crippen LogP contribution in [0.25, 0.3) is 11.3 Å². The first-order valence-electron chi connectivity index (χ1n) is 12.2. The molecule has 2 atom stereocenters. The predicted octanol–water partition coefficient (Wildman–Crippen LogP) is 6.73. The Morgan fingerprint density at radius 1 is 1.00 bits per heavy atom. The van der Waals surface area contributed by atoms with E-state index in [9.17, 15) is 5.26 Å². The minimum absolute atomic E-state index is 0.0211. The summed E-state index contributed by atoms with van der Waals surface area (Å²) in [7, 11) is 2.20. The lowest BCUT2D eigenvalue weighted by Crippen LogP contribution is -2.69. The highest BCUT2D eigenvalue weighted by Crippen LogP contribution is 2.52. The molecule has 3 nitrogen and oxygen atoms in total. The SMILES string of the molecule is CCCCCN(C)c1cc[n+]2c(c1)-c1cc(C#N)ccc1C(C)(CC)C2(CC)CCC. The molecule has 0 amide bonds. The Balaban J connectivity index is 2.25. The van der Waals surface area contributed by atoms with Crippen LogP contribution in [0.5, 0.6) is 0 Å². The zero-order chi connectivity index (χ0) is 22.6. The van der Waals surface area contributed by atoms with Gasteiger partial charge in [0.25, 0.3) is 0 Å². The molecule has 31 heavy (non-hydrogen) atoms. The minimum atomic E-state index is 0.0211. The molecule has 0 saturated heterocycles. The third-order valence-electron chi connectivity index (χ3n) is 7.94. The molecule has 2 unspecified atom stereocenters. The number of pyridine rings is 1. The Kier molecular flexibility index (Phi) is 7.10. The number of fused-ring (bicyclic) bond motifs is 3. The topological polar surface area (TPSA) is 30.9 Å². The number of aromatic nitrogens is 1. The van der Waals surface area contributed by atoms with Crippen LogP contribution in [-0.4, -0.2) is 13.6 Å². The van der Waals surface area contributed by atoms with Gasteiger partial charge in [0.2, 0.25) is 5.69 Å². The largest absolute Gasteiger partial charge is 0.374 e. The van der Waals surface area contributed by atoms with Crippen molar-refractivity contribution in [1.29, 1.82) is 5.26 Å². The number of hydrogen-bond donors (Lipinski definition) is 0. The molecule has 0 spiro atoms. The molecule has 1 aliphatic heterocycles. The predicted molar refractivity (Wildman–Crippen MR) is 130 cm³/mol. The molecule has 3 rings (SSSR count). The summed E-state index contributed by atoms with van der Waals surface area (Å²) in [6, 6.07) is 13.4. The van der Waals surface area contributed by atoms with E-state index in [1.807, 2.05) is 6.07 Å². The maximum atomic E-state index is 9.61. The van der Waals surface area contributed by atoms with Gasteiger partial charge in [0.15, 0.2) is 11.7 Å². The van der Waals surface area contributed by atoms with E-state index < -0.39 is 0 Å². The van der Waals surface area contributed by atoms with E-state index in [0.717, 1.165) is 37.8 Å². The van der Waals surface area contributed by atoms with Crippen LogP contribution in [0.15, 0.2) is 36.5 Å². The van der Waals surface area contributed by atoms with E-state index in [4.69, 9.17) is 0 Å². The van der Waals surface area contributed by atoms with Gasteiger partial charge in [-0.2, -0.15) is 9.83 Å². The number of rotatable bonds is 9. The molecule has 0 N–H and O–H groups in total. The van der Waals surface area contributed by atoms with Crippen LogP contribution in [0.1, 0.15) is 90.7 Å². The van der Waals surface area contributed by atoms with Crippen molar-refractivity contribution < 1.29 is 4.57 Å². The van der Waals surface area contributed by atoms with Gasteiger partial charge in [-0.3, -0.25) is 0 Å². The second-order valence-corrected chi connectivity index (χ2v) is 9.46. The van der Waals surface area contributed by atoms with Gasteiger partial charge in [-0.15, -0.1) is 0 Å². The van der Waals surface area contributed by atoms with E-state index >= 15 is 0 Å². The number of unbranched alkanes of at least 4 members (excludes halogenated alkanes) is 2. The number of benzene rings is 1. The zero-order valence-corrected chi connectivity index (χ0v) is 20.5. The molecule has 166 valence electrons. The summed E-state index contributed by atoms with van der Waals surface area (Å²) in [5.74, 6) is 0. The van der Waals surface area contributed by atoms with Crippen molar-refractivity contribution in [3.8, 4) is 17.3 Å². The Morgan fingerprint density at radius 3 is 2.39 bits per heavy atom. The van der Waals surface area contributed by atoms with Gasteiger partial charge in [-0.05, 0) is 43.9 Å². The Labute approximate surface area is 189 Å². The number of hydrogen-bond acceptors (Lipinski definition) is 2. The summed E-state index contributed by atoms with van der Waals surface area (Å²) in [6.07, 6.45) is 10.5. The highest BCUT2D eigenvalue weighted by atomic mass is 15.1. The van der Waals surface area contributed by atoms with Gasteiger partial charge < -0.3 is 4.90 Å². The zero-order valence-electron chi connectivity index (χ0n) is 20.5. The van der Waals surface area contributed by atoms with Gasteiger partial charge in [-0.1, -0.05) is 46.6 Å². The van der Waals surface area contributed by atoms with Crippen LogP contribution < -0.4 is 9.47 Å². The molecule has 0 saturated carbocycles. The standard InChI is InChI=1S/C28H40N3/c1-7-11-12-17-30(6)23-15-18-31-26(20-23)24-19-22(21-29)13-14-25(24)27(5,9-3)28(31,10-4)16-8-2/h13-15,18-20H,7-12,16-17H2,1-6H3/q+1. The average molecular weight is 419 g/mol. The first kappa shape index (κ1) is 23.3. The fourth-order valence-electron chi connectivity index (χ4n) is 5.93. The van der Waals surface area contributed by atoms with E-state index in [1.165, 1.54) is 41.8 Å². The molecule has 3 heteroatoms. The molecule has 0 radical (unpaired) electrons. The maximum Gasteiger partial charge on any atom is 0.215 e. The van der Waals surface area contributed by atoms with Crippen LogP contribution in [-0.2, 0) is 11.0 Å². The molecule has 2 aromatic rings. The number of anilines is 1. The lowest BCUT2D eigenvalue weighted by molar-refractivity contribution is -0.770. The smallest absolute Gasteiger partial charge is 0.215 e. The minimum Gasteiger partial charge on any atom is -0.374 e. The Bertz CT molecular complexity index is 957. The molecular formula is C28H40N3+. The van der Waals surface area contributed by atoms with Crippen LogP contribution in [0, 0.1) is 11.3 Å². The molecule has 1 aliphatic rings. The van der Waals surface area contributed by atoms with Crippen molar-refractivity contribution in [2.24, 2.45) is 0 Å². The maximum absolute atomic E-state index is 9.61. The first-order chi connectivity index (χ1) is 14.9. The third kappa shape index (κ3) is 3.75. The molecular weight excluding hydrogens is 378 g/mol. The summed E-state index contributed by atoms with van der Waals surface area (Å²) in [4.78, 5) is 2.38. The summed E-state index contributed by atoms with van der Waals surface area (Å²) in [5, 5.41) is 9.61. The highest BCUT2D eigenvalue weighted by Gasteiger charge is 2.58. The monoisotopic (exact) mass is 418 g/mol. The molecule has 2 heterocycles. The van der Waals surface area contributed by atoms with Crippen LogP contribution in [0.3, 0.4) is 0 Å². The van der Waals surface area contributed by atoms with Crippen molar-refractivity contribution in [3.05, 3.63) is 47.7 Å². The lowest BCUT2D eigenvalue weighted by Gasteiger charge is -2.48. The summed E-state index contributed by atoms with van der Waals surface area (Å²) in [5.41, 5.74) is 5.94.